The number of halogens is 3. The molecule has 1 aromatic carbocycles. The number of alkyl halides is 3. The van der Waals surface area contributed by atoms with Crippen molar-refractivity contribution in [1.82, 2.24) is 19.9 Å². The van der Waals surface area contributed by atoms with Crippen molar-refractivity contribution in [2.45, 2.75) is 64.5 Å². The fourth-order valence-electron chi connectivity index (χ4n) is 5.13. The molecule has 248 valence electrons. The molecule has 17 heteroatoms. The lowest BCUT2D eigenvalue weighted by molar-refractivity contribution is -0.386. The number of nitrogens with two attached hydrogens (primary N) is 1. The second kappa shape index (κ2) is 13.5. The number of carbonyl (C=O) groups excluding carboxylic acids is 1. The monoisotopic (exact) mass is 650 g/mol. The second-order valence-electron chi connectivity index (χ2n) is 11.5. The molecule has 0 spiro atoms. The molecular weight excluding hydrogens is 617 g/mol. The fraction of sp³-hybridized carbons (Fsp3) is 0.483. The first-order chi connectivity index (χ1) is 21.6. The Kier molecular flexibility index (Phi) is 10.1. The first-order valence-electron chi connectivity index (χ1n) is 13.9. The number of benzene rings is 1. The quantitative estimate of drug-likeness (QED) is 0.151. The van der Waals surface area contributed by atoms with Gasteiger partial charge in [0.05, 0.1) is 60.5 Å². The van der Waals surface area contributed by atoms with E-state index in [4.69, 9.17) is 19.9 Å². The molecule has 3 heterocycles. The summed E-state index contributed by atoms with van der Waals surface area (Å²) in [6, 6.07) is 2.52. The molecule has 3 aromatic rings. The van der Waals surface area contributed by atoms with Crippen LogP contribution < -0.4 is 15.8 Å². The van der Waals surface area contributed by atoms with Gasteiger partial charge in [0.15, 0.2) is 0 Å². The van der Waals surface area contributed by atoms with Crippen molar-refractivity contribution in [1.29, 1.82) is 0 Å². The largest absolute Gasteiger partial charge is 0.495 e. The number of aliphatic hydroxyl groups excluding tert-OH is 2. The molecular formula is C29H33F3N6O8. The van der Waals surface area contributed by atoms with E-state index in [-0.39, 0.29) is 48.0 Å². The first kappa shape index (κ1) is 34.4. The van der Waals surface area contributed by atoms with Crippen LogP contribution in [0, 0.1) is 27.4 Å². The van der Waals surface area contributed by atoms with E-state index in [0.717, 1.165) is 6.07 Å². The molecule has 2 aromatic heterocycles. The Bertz CT molecular complexity index is 1680. The average molecular weight is 651 g/mol. The Morgan fingerprint density at radius 3 is 2.63 bits per heavy atom. The van der Waals surface area contributed by atoms with Gasteiger partial charge in [0.2, 0.25) is 0 Å². The third kappa shape index (κ3) is 7.31. The Morgan fingerprint density at radius 2 is 2.04 bits per heavy atom. The predicted octanol–water partition coefficient (Wildman–Crippen LogP) is 2.91. The lowest BCUT2D eigenvalue weighted by Gasteiger charge is -2.31. The van der Waals surface area contributed by atoms with Crippen molar-refractivity contribution in [3.05, 3.63) is 51.5 Å². The smallest absolute Gasteiger partial charge is 0.471 e. The van der Waals surface area contributed by atoms with Crippen LogP contribution in [0.25, 0.3) is 11.0 Å². The average Bonchev–Trinajstić information content (AvgIpc) is 3.54. The van der Waals surface area contributed by atoms with E-state index in [2.05, 4.69) is 21.8 Å². The van der Waals surface area contributed by atoms with E-state index in [1.807, 2.05) is 20.8 Å². The molecule has 1 fully saturated rings. The summed E-state index contributed by atoms with van der Waals surface area (Å²) in [7, 11) is 1.30. The van der Waals surface area contributed by atoms with Crippen molar-refractivity contribution in [3.8, 4) is 17.6 Å². The zero-order valence-electron chi connectivity index (χ0n) is 25.3. The Morgan fingerprint density at radius 1 is 1.33 bits per heavy atom. The van der Waals surface area contributed by atoms with Gasteiger partial charge in [-0.05, 0) is 11.5 Å². The lowest BCUT2D eigenvalue weighted by atomic mass is 9.83. The van der Waals surface area contributed by atoms with E-state index < -0.39 is 53.5 Å². The second-order valence-corrected chi connectivity index (χ2v) is 11.5. The summed E-state index contributed by atoms with van der Waals surface area (Å²) in [5.74, 6) is 2.94. The SMILES string of the molecule is COc1cc([C@@H](OCc2cn([C@H]3CC(O)[C@@H](CO)O3)c3ncnc(N)c23)C(C)(C)C)c([N+](=O)[O-])cc1C#CCNC(=O)C(F)(F)F. The van der Waals surface area contributed by atoms with Crippen molar-refractivity contribution in [2.75, 3.05) is 26.0 Å². The summed E-state index contributed by atoms with van der Waals surface area (Å²) in [6.07, 6.45) is -5.22. The van der Waals surface area contributed by atoms with E-state index >= 15 is 0 Å². The van der Waals surface area contributed by atoms with Crippen LogP contribution in [0.1, 0.15) is 56.2 Å². The predicted molar refractivity (Wildman–Crippen MR) is 156 cm³/mol. The Hall–Kier alpha value is -4.50. The molecule has 5 N–H and O–H groups in total. The van der Waals surface area contributed by atoms with Gasteiger partial charge in [0.1, 0.15) is 35.9 Å². The maximum Gasteiger partial charge on any atom is 0.471 e. The van der Waals surface area contributed by atoms with Gasteiger partial charge in [-0.2, -0.15) is 13.2 Å². The van der Waals surface area contributed by atoms with Gasteiger partial charge in [-0.15, -0.1) is 0 Å². The number of amides is 1. The van der Waals surface area contributed by atoms with Crippen LogP contribution in [0.2, 0.25) is 0 Å². The highest BCUT2D eigenvalue weighted by molar-refractivity contribution is 5.89. The van der Waals surface area contributed by atoms with Crippen LogP contribution in [0.15, 0.2) is 24.7 Å². The molecule has 0 bridgehead atoms. The zero-order chi connectivity index (χ0) is 34.0. The van der Waals surface area contributed by atoms with E-state index in [9.17, 15) is 38.3 Å². The van der Waals surface area contributed by atoms with Crippen LogP contribution in [-0.2, 0) is 20.9 Å². The van der Waals surface area contributed by atoms with Crippen LogP contribution in [0.3, 0.4) is 0 Å². The number of rotatable bonds is 9. The minimum absolute atomic E-state index is 0.0137. The number of anilines is 1. The number of hydrogen-bond donors (Lipinski definition) is 4. The van der Waals surface area contributed by atoms with Gasteiger partial charge >= 0.3 is 12.1 Å². The number of aliphatic hydroxyl groups is 2. The molecule has 46 heavy (non-hydrogen) atoms. The van der Waals surface area contributed by atoms with Crippen molar-refractivity contribution in [3.63, 3.8) is 0 Å². The highest BCUT2D eigenvalue weighted by atomic mass is 19.4. The number of nitro groups is 1. The highest BCUT2D eigenvalue weighted by Crippen LogP contribution is 2.44. The molecule has 14 nitrogen and oxygen atoms in total. The highest BCUT2D eigenvalue weighted by Gasteiger charge is 2.39. The standard InChI is InChI=1S/C29H33F3N6O8/c1-28(2,3)24(17-9-20(44-4)15(8-18(17)38(42)43)6-5-7-34-27(41)29(30,31)32)45-13-16-11-37(22-10-19(40)21(12-39)46-22)26-23(16)25(33)35-14-36-26/h8-9,11,14,19,21-22,24,39-40H,7,10,12-13H2,1-4H3,(H,34,41)(H2,33,35,36)/t19?,21-,22-,24-/m1/s1. The van der Waals surface area contributed by atoms with Gasteiger partial charge in [-0.1, -0.05) is 32.6 Å². The van der Waals surface area contributed by atoms with Crippen LogP contribution in [0.5, 0.6) is 5.75 Å². The van der Waals surface area contributed by atoms with Crippen LogP contribution in [-0.4, -0.2) is 74.2 Å². The van der Waals surface area contributed by atoms with Crippen LogP contribution in [0.4, 0.5) is 24.7 Å². The molecule has 1 aliphatic rings. The molecule has 1 unspecified atom stereocenters. The zero-order valence-corrected chi connectivity index (χ0v) is 25.3. The first-order valence-corrected chi connectivity index (χ1v) is 13.9. The van der Waals surface area contributed by atoms with E-state index in [1.54, 1.807) is 16.1 Å². The summed E-state index contributed by atoms with van der Waals surface area (Å²) in [4.78, 5) is 31.1. The Labute approximate surface area is 260 Å². The van der Waals surface area contributed by atoms with E-state index in [1.165, 1.54) is 19.5 Å². The number of methoxy groups -OCH3 is 1. The maximum absolute atomic E-state index is 12.5. The van der Waals surface area contributed by atoms with Gasteiger partial charge in [-0.3, -0.25) is 14.9 Å². The van der Waals surface area contributed by atoms with Crippen molar-refractivity contribution in [2.24, 2.45) is 5.41 Å². The summed E-state index contributed by atoms with van der Waals surface area (Å²) in [5.41, 5.74) is 6.20. The number of nitrogens with one attached hydrogen (secondary N) is 1. The minimum Gasteiger partial charge on any atom is -0.495 e. The van der Waals surface area contributed by atoms with Crippen molar-refractivity contribution < 1.29 is 47.3 Å². The Balaban J connectivity index is 1.69. The van der Waals surface area contributed by atoms with Gasteiger partial charge < -0.3 is 40.0 Å². The van der Waals surface area contributed by atoms with Gasteiger partial charge in [0.25, 0.3) is 5.69 Å². The molecule has 4 atom stereocenters. The summed E-state index contributed by atoms with van der Waals surface area (Å²) in [5, 5.41) is 34.1. The minimum atomic E-state index is -5.08. The molecule has 1 saturated heterocycles. The molecule has 0 saturated carbocycles. The molecule has 0 aliphatic carbocycles. The van der Waals surface area contributed by atoms with Crippen LogP contribution >= 0.6 is 0 Å². The molecule has 0 radical (unpaired) electrons. The summed E-state index contributed by atoms with van der Waals surface area (Å²) < 4.78 is 56.6. The number of hydrogen-bond acceptors (Lipinski definition) is 11. The van der Waals surface area contributed by atoms with Gasteiger partial charge in [0, 0.05) is 24.2 Å². The number of carbonyl (C=O) groups is 1. The molecule has 1 aliphatic heterocycles. The topological polar surface area (TPSA) is 197 Å². The van der Waals surface area contributed by atoms with Gasteiger partial charge in [-0.25, -0.2) is 9.97 Å². The lowest BCUT2D eigenvalue weighted by Crippen LogP contribution is -2.36. The number of nitrogen functional groups attached to an aromatic ring is 1. The third-order valence-corrected chi connectivity index (χ3v) is 7.25. The fourth-order valence-corrected chi connectivity index (χ4v) is 5.13. The number of nitrogens with zero attached hydrogens (tertiary/aromatic N) is 4. The summed E-state index contributed by atoms with van der Waals surface area (Å²) >= 11 is 0. The van der Waals surface area contributed by atoms with Crippen molar-refractivity contribution >= 4 is 28.4 Å². The number of aromatic nitrogens is 3. The number of nitro benzene ring substituents is 1. The normalized spacial score (nSPS) is 19.0. The molecule has 1 amide bonds. The maximum atomic E-state index is 12.5. The summed E-state index contributed by atoms with van der Waals surface area (Å²) in [6.45, 7) is 4.30. The number of ether oxygens (including phenoxy) is 3. The third-order valence-electron chi connectivity index (χ3n) is 7.25. The van der Waals surface area contributed by atoms with E-state index in [0.29, 0.717) is 16.6 Å². The number of fused-ring (bicyclic) bond motifs is 1. The molecule has 4 rings (SSSR count).